The molecule has 1 aliphatic carbocycles. The highest BCUT2D eigenvalue weighted by Crippen LogP contribution is 2.38. The molecular weight excluding hydrogens is 254 g/mol. The first-order valence-electron chi connectivity index (χ1n) is 6.08. The van der Waals surface area contributed by atoms with Crippen LogP contribution in [0.15, 0.2) is 5.16 Å². The summed E-state index contributed by atoms with van der Waals surface area (Å²) in [4.78, 5) is 10.6. The lowest BCUT2D eigenvalue weighted by Gasteiger charge is -2.07. The summed E-state index contributed by atoms with van der Waals surface area (Å²) in [6.07, 6.45) is 2.98. The summed E-state index contributed by atoms with van der Waals surface area (Å²) in [6.45, 7) is 3.28. The van der Waals surface area contributed by atoms with Crippen molar-refractivity contribution < 1.29 is 14.6 Å². The molecule has 1 aromatic heterocycles. The summed E-state index contributed by atoms with van der Waals surface area (Å²) in [5.74, 6) is 0.0936. The van der Waals surface area contributed by atoms with E-state index in [1.54, 1.807) is 0 Å². The molecule has 0 aliphatic heterocycles. The Bertz CT molecular complexity index is 418. The standard InChI is InChI=1S/C11H17N3O3S/c1-2-17-6-5-9-12-13-11(18-7-10(15)16)14(9)8-3-4-8/h8H,2-7H2,1H3,(H,15,16). The van der Waals surface area contributed by atoms with E-state index < -0.39 is 5.97 Å². The average Bonchev–Trinajstić information content (AvgIpc) is 3.09. The Labute approximate surface area is 110 Å². The van der Waals surface area contributed by atoms with Crippen molar-refractivity contribution in [1.82, 2.24) is 14.8 Å². The van der Waals surface area contributed by atoms with Gasteiger partial charge in [-0.15, -0.1) is 10.2 Å². The Morgan fingerprint density at radius 2 is 2.33 bits per heavy atom. The maximum Gasteiger partial charge on any atom is 0.313 e. The Balaban J connectivity index is 2.02. The van der Waals surface area contributed by atoms with Gasteiger partial charge in [0, 0.05) is 19.1 Å². The lowest BCUT2D eigenvalue weighted by Crippen LogP contribution is -2.08. The first kappa shape index (κ1) is 13.4. The second-order valence-electron chi connectivity index (χ2n) is 4.13. The van der Waals surface area contributed by atoms with E-state index in [9.17, 15) is 4.79 Å². The predicted octanol–water partition coefficient (Wildman–Crippen LogP) is 1.37. The lowest BCUT2D eigenvalue weighted by atomic mass is 10.4. The minimum absolute atomic E-state index is 0.0241. The Kier molecular flexibility index (Phi) is 4.60. The number of carbonyl (C=O) groups is 1. The molecule has 0 bridgehead atoms. The zero-order valence-corrected chi connectivity index (χ0v) is 11.2. The minimum atomic E-state index is -0.832. The van der Waals surface area contributed by atoms with Gasteiger partial charge in [-0.25, -0.2) is 0 Å². The Hall–Kier alpha value is -1.08. The molecule has 1 aromatic rings. The van der Waals surface area contributed by atoms with Crippen molar-refractivity contribution >= 4 is 17.7 Å². The summed E-state index contributed by atoms with van der Waals surface area (Å²) in [5.41, 5.74) is 0. The molecule has 2 rings (SSSR count). The summed E-state index contributed by atoms with van der Waals surface area (Å²) in [7, 11) is 0. The van der Waals surface area contributed by atoms with Gasteiger partial charge in [-0.1, -0.05) is 11.8 Å². The van der Waals surface area contributed by atoms with Crippen LogP contribution in [0, 0.1) is 0 Å². The van der Waals surface area contributed by atoms with Crippen LogP contribution in [0.1, 0.15) is 31.6 Å². The molecule has 100 valence electrons. The fourth-order valence-corrected chi connectivity index (χ4v) is 2.45. The molecule has 1 heterocycles. The van der Waals surface area contributed by atoms with E-state index in [1.807, 2.05) is 6.92 Å². The first-order chi connectivity index (χ1) is 8.72. The smallest absolute Gasteiger partial charge is 0.313 e. The van der Waals surface area contributed by atoms with Crippen molar-refractivity contribution in [2.45, 2.75) is 37.4 Å². The highest BCUT2D eigenvalue weighted by Gasteiger charge is 2.29. The van der Waals surface area contributed by atoms with E-state index in [0.717, 1.165) is 25.1 Å². The third-order valence-electron chi connectivity index (χ3n) is 2.65. The van der Waals surface area contributed by atoms with Gasteiger partial charge in [0.25, 0.3) is 0 Å². The topological polar surface area (TPSA) is 77.2 Å². The normalized spacial score (nSPS) is 14.9. The van der Waals surface area contributed by atoms with Crippen molar-refractivity contribution in [2.24, 2.45) is 0 Å². The van der Waals surface area contributed by atoms with Gasteiger partial charge in [0.2, 0.25) is 0 Å². The summed E-state index contributed by atoms with van der Waals surface area (Å²) >= 11 is 1.23. The maximum atomic E-state index is 10.6. The third kappa shape index (κ3) is 3.46. The number of ether oxygens (including phenoxy) is 1. The molecule has 0 spiro atoms. The first-order valence-corrected chi connectivity index (χ1v) is 7.07. The number of carboxylic acids is 1. The van der Waals surface area contributed by atoms with Gasteiger partial charge in [0.05, 0.1) is 12.4 Å². The van der Waals surface area contributed by atoms with Crippen LogP contribution in [0.4, 0.5) is 0 Å². The number of hydrogen-bond donors (Lipinski definition) is 1. The van der Waals surface area contributed by atoms with Crippen molar-refractivity contribution in [3.05, 3.63) is 5.82 Å². The summed E-state index contributed by atoms with van der Waals surface area (Å²) in [6, 6.07) is 0.452. The Morgan fingerprint density at radius 1 is 1.56 bits per heavy atom. The average molecular weight is 271 g/mol. The minimum Gasteiger partial charge on any atom is -0.481 e. The molecule has 0 atom stereocenters. The second kappa shape index (κ2) is 6.19. The van der Waals surface area contributed by atoms with Crippen molar-refractivity contribution in [1.29, 1.82) is 0 Å². The maximum absolute atomic E-state index is 10.6. The van der Waals surface area contributed by atoms with Gasteiger partial charge in [-0.3, -0.25) is 4.79 Å². The zero-order valence-electron chi connectivity index (χ0n) is 10.3. The van der Waals surface area contributed by atoms with E-state index >= 15 is 0 Å². The van der Waals surface area contributed by atoms with Crippen LogP contribution in [-0.4, -0.2) is 44.8 Å². The number of aliphatic carboxylic acids is 1. The molecule has 1 N–H and O–H groups in total. The van der Waals surface area contributed by atoms with Gasteiger partial charge < -0.3 is 14.4 Å². The molecule has 1 fully saturated rings. The summed E-state index contributed by atoms with van der Waals surface area (Å²) < 4.78 is 7.39. The molecule has 0 amide bonds. The lowest BCUT2D eigenvalue weighted by molar-refractivity contribution is -0.133. The largest absolute Gasteiger partial charge is 0.481 e. The molecular formula is C11H17N3O3S. The number of aromatic nitrogens is 3. The van der Waals surface area contributed by atoms with Crippen LogP contribution in [0.3, 0.4) is 0 Å². The second-order valence-corrected chi connectivity index (χ2v) is 5.07. The molecule has 0 unspecified atom stereocenters. The van der Waals surface area contributed by atoms with Crippen LogP contribution in [0.5, 0.6) is 0 Å². The van der Waals surface area contributed by atoms with Gasteiger partial charge in [0.1, 0.15) is 5.82 Å². The third-order valence-corrected chi connectivity index (χ3v) is 3.57. The summed E-state index contributed by atoms with van der Waals surface area (Å²) in [5, 5.41) is 17.6. The van der Waals surface area contributed by atoms with Crippen LogP contribution in [0.2, 0.25) is 0 Å². The van der Waals surface area contributed by atoms with Crippen molar-refractivity contribution in [3.63, 3.8) is 0 Å². The molecule has 1 aliphatic rings. The van der Waals surface area contributed by atoms with Gasteiger partial charge in [-0.2, -0.15) is 0 Å². The molecule has 1 saturated carbocycles. The van der Waals surface area contributed by atoms with Gasteiger partial charge in [-0.05, 0) is 19.8 Å². The fraction of sp³-hybridized carbons (Fsp3) is 0.727. The molecule has 0 saturated heterocycles. The molecule has 0 aromatic carbocycles. The zero-order chi connectivity index (χ0) is 13.0. The number of rotatable bonds is 8. The monoisotopic (exact) mass is 271 g/mol. The van der Waals surface area contributed by atoms with E-state index in [4.69, 9.17) is 9.84 Å². The number of thioether (sulfide) groups is 1. The SMILES string of the molecule is CCOCCc1nnc(SCC(=O)O)n1C1CC1. The predicted molar refractivity (Wildman–Crippen MR) is 66.8 cm³/mol. The molecule has 0 radical (unpaired) electrons. The van der Waals surface area contributed by atoms with Gasteiger partial charge >= 0.3 is 5.97 Å². The molecule has 7 heteroatoms. The van der Waals surface area contributed by atoms with E-state index in [-0.39, 0.29) is 5.75 Å². The van der Waals surface area contributed by atoms with Crippen LogP contribution < -0.4 is 0 Å². The quantitative estimate of drug-likeness (QED) is 0.568. The van der Waals surface area contributed by atoms with E-state index in [1.165, 1.54) is 11.8 Å². The Morgan fingerprint density at radius 3 is 2.94 bits per heavy atom. The van der Waals surface area contributed by atoms with Gasteiger partial charge in [0.15, 0.2) is 5.16 Å². The number of carboxylic acid groups (broad SMARTS) is 1. The highest BCUT2D eigenvalue weighted by atomic mass is 32.2. The number of nitrogens with zero attached hydrogens (tertiary/aromatic N) is 3. The van der Waals surface area contributed by atoms with E-state index in [2.05, 4.69) is 14.8 Å². The molecule has 6 nitrogen and oxygen atoms in total. The van der Waals surface area contributed by atoms with Crippen LogP contribution in [0.25, 0.3) is 0 Å². The highest BCUT2D eigenvalue weighted by molar-refractivity contribution is 7.99. The van der Waals surface area contributed by atoms with Crippen molar-refractivity contribution in [2.75, 3.05) is 19.0 Å². The van der Waals surface area contributed by atoms with E-state index in [0.29, 0.717) is 24.4 Å². The number of hydrogen-bond acceptors (Lipinski definition) is 5. The van der Waals surface area contributed by atoms with Crippen LogP contribution >= 0.6 is 11.8 Å². The molecule has 18 heavy (non-hydrogen) atoms. The fourth-order valence-electron chi connectivity index (χ4n) is 1.71. The van der Waals surface area contributed by atoms with Crippen molar-refractivity contribution in [3.8, 4) is 0 Å². The van der Waals surface area contributed by atoms with Crippen LogP contribution in [-0.2, 0) is 16.0 Å².